The van der Waals surface area contributed by atoms with E-state index in [4.69, 9.17) is 9.84 Å². The van der Waals surface area contributed by atoms with Gasteiger partial charge in [0.25, 0.3) is 0 Å². The van der Waals surface area contributed by atoms with Crippen LogP contribution in [-0.2, 0) is 4.79 Å². The molecule has 1 aromatic carbocycles. The first-order chi connectivity index (χ1) is 7.67. The highest BCUT2D eigenvalue weighted by atomic mass is 16.5. The monoisotopic (exact) mass is 223 g/mol. The molecule has 0 aliphatic heterocycles. The average Bonchev–Trinajstić information content (AvgIpc) is 2.28. The number of benzene rings is 1. The van der Waals surface area contributed by atoms with Gasteiger partial charge in [-0.25, -0.2) is 4.79 Å². The Balaban J connectivity index is 2.72. The number of rotatable bonds is 6. The molecule has 0 aliphatic rings. The first kappa shape index (κ1) is 12.4. The molecule has 1 atom stereocenters. The zero-order valence-electron chi connectivity index (χ0n) is 9.56. The molecule has 88 valence electrons. The van der Waals surface area contributed by atoms with Crippen LogP contribution in [0.5, 0.6) is 5.75 Å². The molecule has 0 radical (unpaired) electrons. The fourth-order valence-corrected chi connectivity index (χ4v) is 1.46. The third-order valence-corrected chi connectivity index (χ3v) is 2.29. The Bertz CT molecular complexity index is 352. The minimum Gasteiger partial charge on any atom is -0.497 e. The molecule has 0 fully saturated rings. The second kappa shape index (κ2) is 6.00. The zero-order valence-corrected chi connectivity index (χ0v) is 9.56. The van der Waals surface area contributed by atoms with Crippen molar-refractivity contribution in [3.8, 4) is 5.75 Å². The summed E-state index contributed by atoms with van der Waals surface area (Å²) < 4.78 is 5.07. The van der Waals surface area contributed by atoms with E-state index in [1.807, 2.05) is 25.1 Å². The highest BCUT2D eigenvalue weighted by Gasteiger charge is 2.15. The molecule has 0 unspecified atom stereocenters. The predicted octanol–water partition coefficient (Wildman–Crippen LogP) is 2.36. The Kier molecular flexibility index (Phi) is 4.64. The number of nitrogens with one attached hydrogen (secondary N) is 1. The number of methoxy groups -OCH3 is 1. The molecular formula is C12H17NO3. The highest BCUT2D eigenvalue weighted by Crippen LogP contribution is 2.18. The lowest BCUT2D eigenvalue weighted by molar-refractivity contribution is -0.138. The molecular weight excluding hydrogens is 206 g/mol. The Morgan fingerprint density at radius 3 is 2.88 bits per heavy atom. The summed E-state index contributed by atoms with van der Waals surface area (Å²) in [4.78, 5) is 11.0. The van der Waals surface area contributed by atoms with Crippen LogP contribution in [0.25, 0.3) is 0 Å². The maximum atomic E-state index is 11.0. The number of carbonyl (C=O) groups is 1. The lowest BCUT2D eigenvalue weighted by Crippen LogP contribution is -2.28. The van der Waals surface area contributed by atoms with Crippen LogP contribution < -0.4 is 10.1 Å². The molecule has 4 nitrogen and oxygen atoms in total. The van der Waals surface area contributed by atoms with Crippen molar-refractivity contribution in [3.63, 3.8) is 0 Å². The fourth-order valence-electron chi connectivity index (χ4n) is 1.46. The Morgan fingerprint density at radius 1 is 1.56 bits per heavy atom. The third kappa shape index (κ3) is 3.46. The molecule has 0 bridgehead atoms. The molecule has 0 saturated heterocycles. The van der Waals surface area contributed by atoms with Crippen LogP contribution in [0.3, 0.4) is 0 Å². The smallest absolute Gasteiger partial charge is 0.326 e. The van der Waals surface area contributed by atoms with Crippen LogP contribution >= 0.6 is 0 Å². The van der Waals surface area contributed by atoms with Gasteiger partial charge in [0.15, 0.2) is 0 Å². The molecule has 0 spiro atoms. The van der Waals surface area contributed by atoms with Crippen molar-refractivity contribution in [2.24, 2.45) is 0 Å². The molecule has 0 aromatic heterocycles. The number of hydrogen-bond donors (Lipinski definition) is 2. The molecule has 4 heteroatoms. The van der Waals surface area contributed by atoms with E-state index >= 15 is 0 Å². The van der Waals surface area contributed by atoms with Gasteiger partial charge in [0.2, 0.25) is 0 Å². The van der Waals surface area contributed by atoms with Gasteiger partial charge in [0, 0.05) is 11.8 Å². The highest BCUT2D eigenvalue weighted by molar-refractivity contribution is 5.77. The second-order valence-electron chi connectivity index (χ2n) is 3.56. The third-order valence-electron chi connectivity index (χ3n) is 2.29. The second-order valence-corrected chi connectivity index (χ2v) is 3.56. The van der Waals surface area contributed by atoms with Gasteiger partial charge in [-0.1, -0.05) is 19.4 Å². The number of carboxylic acid groups (broad SMARTS) is 1. The average molecular weight is 223 g/mol. The lowest BCUT2D eigenvalue weighted by atomic mass is 10.1. The van der Waals surface area contributed by atoms with E-state index in [-0.39, 0.29) is 0 Å². The number of anilines is 1. The lowest BCUT2D eigenvalue weighted by Gasteiger charge is -2.15. The van der Waals surface area contributed by atoms with E-state index in [9.17, 15) is 4.79 Å². The Hall–Kier alpha value is -1.71. The fraction of sp³-hybridized carbons (Fsp3) is 0.417. The van der Waals surface area contributed by atoms with Crippen LogP contribution in [0, 0.1) is 0 Å². The zero-order chi connectivity index (χ0) is 12.0. The molecule has 16 heavy (non-hydrogen) atoms. The van der Waals surface area contributed by atoms with Crippen molar-refractivity contribution in [1.82, 2.24) is 0 Å². The van der Waals surface area contributed by atoms with E-state index in [2.05, 4.69) is 5.32 Å². The number of aliphatic carboxylic acids is 1. The van der Waals surface area contributed by atoms with Crippen molar-refractivity contribution < 1.29 is 14.6 Å². The van der Waals surface area contributed by atoms with Crippen LogP contribution in [0.15, 0.2) is 24.3 Å². The van der Waals surface area contributed by atoms with Crippen molar-refractivity contribution >= 4 is 11.7 Å². The van der Waals surface area contributed by atoms with E-state index < -0.39 is 12.0 Å². The topological polar surface area (TPSA) is 58.6 Å². The summed E-state index contributed by atoms with van der Waals surface area (Å²) in [5, 5.41) is 12.0. The first-order valence-electron chi connectivity index (χ1n) is 5.30. The van der Waals surface area contributed by atoms with Crippen LogP contribution in [-0.4, -0.2) is 24.2 Å². The number of hydrogen-bond acceptors (Lipinski definition) is 3. The van der Waals surface area contributed by atoms with Crippen molar-refractivity contribution in [3.05, 3.63) is 24.3 Å². The molecule has 0 aliphatic carbocycles. The summed E-state index contributed by atoms with van der Waals surface area (Å²) in [5.41, 5.74) is 0.764. The van der Waals surface area contributed by atoms with Gasteiger partial charge < -0.3 is 15.2 Å². The largest absolute Gasteiger partial charge is 0.497 e. The van der Waals surface area contributed by atoms with E-state index in [1.54, 1.807) is 13.2 Å². The summed E-state index contributed by atoms with van der Waals surface area (Å²) in [6, 6.07) is 6.71. The predicted molar refractivity (Wildman–Crippen MR) is 62.9 cm³/mol. The van der Waals surface area contributed by atoms with E-state index in [0.717, 1.165) is 12.1 Å². The normalized spacial score (nSPS) is 11.9. The van der Waals surface area contributed by atoms with Gasteiger partial charge in [-0.15, -0.1) is 0 Å². The molecule has 0 heterocycles. The summed E-state index contributed by atoms with van der Waals surface area (Å²) in [6.07, 6.45) is 1.43. The first-order valence-corrected chi connectivity index (χ1v) is 5.30. The minimum atomic E-state index is -0.829. The van der Waals surface area contributed by atoms with Crippen molar-refractivity contribution in [2.45, 2.75) is 25.8 Å². The van der Waals surface area contributed by atoms with Crippen LogP contribution in [0.2, 0.25) is 0 Å². The molecule has 1 rings (SSSR count). The van der Waals surface area contributed by atoms with Gasteiger partial charge in [-0.2, -0.15) is 0 Å². The van der Waals surface area contributed by atoms with Gasteiger partial charge in [-0.05, 0) is 18.6 Å². The molecule has 2 N–H and O–H groups in total. The summed E-state index contributed by atoms with van der Waals surface area (Å²) in [6.45, 7) is 1.96. The quantitative estimate of drug-likeness (QED) is 0.777. The summed E-state index contributed by atoms with van der Waals surface area (Å²) >= 11 is 0. The SMILES string of the molecule is CCC[C@@H](Nc1cccc(OC)c1)C(=O)O. The Labute approximate surface area is 95.2 Å². The van der Waals surface area contributed by atoms with Crippen molar-refractivity contribution in [2.75, 3.05) is 12.4 Å². The molecule has 0 amide bonds. The van der Waals surface area contributed by atoms with E-state index in [1.165, 1.54) is 0 Å². The van der Waals surface area contributed by atoms with E-state index in [0.29, 0.717) is 12.2 Å². The van der Waals surface area contributed by atoms with Gasteiger partial charge in [0.1, 0.15) is 11.8 Å². The maximum absolute atomic E-state index is 11.0. The van der Waals surface area contributed by atoms with Crippen LogP contribution in [0.4, 0.5) is 5.69 Å². The number of ether oxygens (including phenoxy) is 1. The number of carboxylic acids is 1. The standard InChI is InChI=1S/C12H17NO3/c1-3-5-11(12(14)15)13-9-6-4-7-10(8-9)16-2/h4,6-8,11,13H,3,5H2,1-2H3,(H,14,15)/t11-/m1/s1. The van der Waals surface area contributed by atoms with Crippen molar-refractivity contribution in [1.29, 1.82) is 0 Å². The summed E-state index contributed by atoms with van der Waals surface area (Å²) in [5.74, 6) is -0.115. The maximum Gasteiger partial charge on any atom is 0.326 e. The van der Waals surface area contributed by atoms with Crippen LogP contribution in [0.1, 0.15) is 19.8 Å². The molecule has 1 aromatic rings. The van der Waals surface area contributed by atoms with Gasteiger partial charge >= 0.3 is 5.97 Å². The Morgan fingerprint density at radius 2 is 2.31 bits per heavy atom. The van der Waals surface area contributed by atoms with Gasteiger partial charge in [-0.3, -0.25) is 0 Å². The minimum absolute atomic E-state index is 0.544. The van der Waals surface area contributed by atoms with Gasteiger partial charge in [0.05, 0.1) is 7.11 Å². The summed E-state index contributed by atoms with van der Waals surface area (Å²) in [7, 11) is 1.58. The molecule has 0 saturated carbocycles.